The second kappa shape index (κ2) is 6.16. The summed E-state index contributed by atoms with van der Waals surface area (Å²) in [4.78, 5) is 0. The van der Waals surface area contributed by atoms with Gasteiger partial charge >= 0.3 is 6.18 Å². The van der Waals surface area contributed by atoms with Crippen LogP contribution in [0, 0.1) is 11.8 Å². The van der Waals surface area contributed by atoms with Crippen molar-refractivity contribution in [2.24, 2.45) is 18.9 Å². The van der Waals surface area contributed by atoms with Gasteiger partial charge in [-0.25, -0.2) is 0 Å². The van der Waals surface area contributed by atoms with E-state index in [1.54, 1.807) is 4.68 Å². The average Bonchev–Trinajstić information content (AvgIpc) is 2.81. The first-order chi connectivity index (χ1) is 9.40. The predicted molar refractivity (Wildman–Crippen MR) is 71.3 cm³/mol. The summed E-state index contributed by atoms with van der Waals surface area (Å²) in [6.07, 6.45) is 0.540. The zero-order valence-electron chi connectivity index (χ0n) is 12.0. The number of aromatic nitrogens is 2. The third-order valence-corrected chi connectivity index (χ3v) is 4.32. The zero-order chi connectivity index (χ0) is 14.8. The number of likely N-dealkylation sites (N-methyl/N-ethyl adjacent to an activating group) is 1. The largest absolute Gasteiger partial charge is 0.391 e. The van der Waals surface area contributed by atoms with Crippen molar-refractivity contribution in [1.29, 1.82) is 0 Å². The number of nitrogens with zero attached hydrogens (tertiary/aromatic N) is 2. The van der Waals surface area contributed by atoms with Gasteiger partial charge in [0.2, 0.25) is 0 Å². The molecule has 0 aliphatic heterocycles. The molecule has 0 aromatic carbocycles. The second-order valence-corrected chi connectivity index (χ2v) is 5.75. The standard InChI is InChI=1S/C14H22F3N3/c1-18-13(9-12-6-7-20(2)19-12)10-4-3-5-11(8-10)14(15,16)17/h6-7,10-11,13,18H,3-5,8-9H2,1-2H3. The van der Waals surface area contributed by atoms with Crippen LogP contribution in [0.1, 0.15) is 31.4 Å². The maximum atomic E-state index is 12.9. The summed E-state index contributed by atoms with van der Waals surface area (Å²) in [6.45, 7) is 0. The lowest BCUT2D eigenvalue weighted by atomic mass is 9.76. The summed E-state index contributed by atoms with van der Waals surface area (Å²) in [5.74, 6) is -1.07. The van der Waals surface area contributed by atoms with E-state index >= 15 is 0 Å². The zero-order valence-corrected chi connectivity index (χ0v) is 12.0. The van der Waals surface area contributed by atoms with E-state index in [0.717, 1.165) is 12.1 Å². The van der Waals surface area contributed by atoms with Gasteiger partial charge in [-0.3, -0.25) is 4.68 Å². The third-order valence-electron chi connectivity index (χ3n) is 4.32. The third kappa shape index (κ3) is 3.75. The molecular formula is C14H22F3N3. The van der Waals surface area contributed by atoms with Crippen LogP contribution >= 0.6 is 0 Å². The van der Waals surface area contributed by atoms with E-state index in [4.69, 9.17) is 0 Å². The van der Waals surface area contributed by atoms with Crippen molar-refractivity contribution in [3.63, 3.8) is 0 Å². The predicted octanol–water partition coefficient (Wildman–Crippen LogP) is 2.92. The van der Waals surface area contributed by atoms with Gasteiger partial charge in [-0.2, -0.15) is 18.3 Å². The Kier molecular flexibility index (Phi) is 4.73. The fourth-order valence-corrected chi connectivity index (χ4v) is 3.19. The number of hydrogen-bond acceptors (Lipinski definition) is 2. The number of nitrogens with one attached hydrogen (secondary N) is 1. The molecule has 0 spiro atoms. The number of alkyl halides is 3. The van der Waals surface area contributed by atoms with Crippen LogP contribution in [-0.4, -0.2) is 29.0 Å². The van der Waals surface area contributed by atoms with Crippen molar-refractivity contribution >= 4 is 0 Å². The topological polar surface area (TPSA) is 29.9 Å². The Morgan fingerprint density at radius 1 is 1.45 bits per heavy atom. The van der Waals surface area contributed by atoms with Gasteiger partial charge in [0.1, 0.15) is 0 Å². The van der Waals surface area contributed by atoms with Gasteiger partial charge in [0.05, 0.1) is 11.6 Å². The molecule has 3 unspecified atom stereocenters. The van der Waals surface area contributed by atoms with Crippen LogP contribution in [0.5, 0.6) is 0 Å². The summed E-state index contributed by atoms with van der Waals surface area (Å²) < 4.78 is 40.4. The molecule has 1 saturated carbocycles. The molecule has 6 heteroatoms. The van der Waals surface area contributed by atoms with Crippen LogP contribution in [0.25, 0.3) is 0 Å². The molecule has 20 heavy (non-hydrogen) atoms. The SMILES string of the molecule is CNC(Cc1ccn(C)n1)C1CCCC(C(F)(F)F)C1. The molecule has 1 heterocycles. The van der Waals surface area contributed by atoms with E-state index in [9.17, 15) is 13.2 Å². The summed E-state index contributed by atoms with van der Waals surface area (Å²) in [5, 5.41) is 7.50. The van der Waals surface area contributed by atoms with E-state index in [1.165, 1.54) is 0 Å². The van der Waals surface area contributed by atoms with Gasteiger partial charge in [0.15, 0.2) is 0 Å². The normalized spacial score (nSPS) is 25.6. The van der Waals surface area contributed by atoms with E-state index in [1.807, 2.05) is 26.4 Å². The Hall–Kier alpha value is -1.04. The molecule has 0 saturated heterocycles. The average molecular weight is 289 g/mol. The van der Waals surface area contributed by atoms with Crippen LogP contribution < -0.4 is 5.32 Å². The minimum atomic E-state index is -4.05. The molecule has 1 aromatic heterocycles. The summed E-state index contributed by atoms with van der Waals surface area (Å²) >= 11 is 0. The summed E-state index contributed by atoms with van der Waals surface area (Å²) in [7, 11) is 3.67. The minimum absolute atomic E-state index is 0.0649. The molecule has 1 aromatic rings. The van der Waals surface area contributed by atoms with Crippen molar-refractivity contribution in [2.45, 2.75) is 44.3 Å². The maximum Gasteiger partial charge on any atom is 0.391 e. The van der Waals surface area contributed by atoms with Crippen LogP contribution in [0.2, 0.25) is 0 Å². The van der Waals surface area contributed by atoms with Gasteiger partial charge in [-0.05, 0) is 38.3 Å². The number of hydrogen-bond donors (Lipinski definition) is 1. The fraction of sp³-hybridized carbons (Fsp3) is 0.786. The molecule has 0 radical (unpaired) electrons. The molecule has 3 nitrogen and oxygen atoms in total. The van der Waals surface area contributed by atoms with Crippen LogP contribution in [0.4, 0.5) is 13.2 Å². The van der Waals surface area contributed by atoms with Gasteiger partial charge in [-0.1, -0.05) is 6.42 Å². The van der Waals surface area contributed by atoms with Crippen LogP contribution in [0.15, 0.2) is 12.3 Å². The highest BCUT2D eigenvalue weighted by atomic mass is 19.4. The van der Waals surface area contributed by atoms with Crippen molar-refractivity contribution in [1.82, 2.24) is 15.1 Å². The molecule has 1 aliphatic carbocycles. The molecule has 0 bridgehead atoms. The first-order valence-corrected chi connectivity index (χ1v) is 7.12. The van der Waals surface area contributed by atoms with E-state index in [2.05, 4.69) is 10.4 Å². The Morgan fingerprint density at radius 2 is 2.20 bits per heavy atom. The highest BCUT2D eigenvalue weighted by Gasteiger charge is 2.43. The minimum Gasteiger partial charge on any atom is -0.316 e. The van der Waals surface area contributed by atoms with E-state index < -0.39 is 12.1 Å². The van der Waals surface area contributed by atoms with E-state index in [-0.39, 0.29) is 24.8 Å². The second-order valence-electron chi connectivity index (χ2n) is 5.75. The number of halogens is 3. The Bertz CT molecular complexity index is 428. The van der Waals surface area contributed by atoms with Gasteiger partial charge in [0.25, 0.3) is 0 Å². The maximum absolute atomic E-state index is 12.9. The van der Waals surface area contributed by atoms with Gasteiger partial charge < -0.3 is 5.32 Å². The molecule has 2 rings (SSSR count). The number of rotatable bonds is 4. The van der Waals surface area contributed by atoms with Crippen molar-refractivity contribution in [3.05, 3.63) is 18.0 Å². The molecular weight excluding hydrogens is 267 g/mol. The van der Waals surface area contributed by atoms with E-state index in [0.29, 0.717) is 12.8 Å². The van der Waals surface area contributed by atoms with Crippen molar-refractivity contribution in [2.75, 3.05) is 7.05 Å². The lowest BCUT2D eigenvalue weighted by Crippen LogP contribution is -2.40. The molecule has 3 atom stereocenters. The highest BCUT2D eigenvalue weighted by Crippen LogP contribution is 2.41. The molecule has 1 N–H and O–H groups in total. The van der Waals surface area contributed by atoms with Crippen LogP contribution in [-0.2, 0) is 13.5 Å². The fourth-order valence-electron chi connectivity index (χ4n) is 3.19. The lowest BCUT2D eigenvalue weighted by molar-refractivity contribution is -0.186. The highest BCUT2D eigenvalue weighted by molar-refractivity contribution is 5.02. The first kappa shape index (κ1) is 15.4. The van der Waals surface area contributed by atoms with Crippen molar-refractivity contribution in [3.8, 4) is 0 Å². The molecule has 1 aliphatic rings. The summed E-state index contributed by atoms with van der Waals surface area (Å²) in [5.41, 5.74) is 0.931. The Balaban J connectivity index is 2.00. The van der Waals surface area contributed by atoms with Gasteiger partial charge in [-0.15, -0.1) is 0 Å². The van der Waals surface area contributed by atoms with Crippen LogP contribution in [0.3, 0.4) is 0 Å². The molecule has 1 fully saturated rings. The number of aryl methyl sites for hydroxylation is 1. The monoisotopic (exact) mass is 289 g/mol. The first-order valence-electron chi connectivity index (χ1n) is 7.12. The lowest BCUT2D eigenvalue weighted by Gasteiger charge is -2.35. The molecule has 0 amide bonds. The van der Waals surface area contributed by atoms with Crippen molar-refractivity contribution < 1.29 is 13.2 Å². The summed E-state index contributed by atoms with van der Waals surface area (Å²) in [6, 6.07) is 1.99. The quantitative estimate of drug-likeness (QED) is 0.923. The molecule has 114 valence electrons. The van der Waals surface area contributed by atoms with Gasteiger partial charge in [0, 0.05) is 25.7 Å². The Labute approximate surface area is 117 Å². The Morgan fingerprint density at radius 3 is 2.75 bits per heavy atom. The smallest absolute Gasteiger partial charge is 0.316 e.